The number of hydrogen-bond donors (Lipinski definition) is 1. The fraction of sp³-hybridized carbons (Fsp3) is 1.00. The molecule has 1 atom stereocenters. The Morgan fingerprint density at radius 2 is 2.67 bits per heavy atom. The molecule has 0 aromatic carbocycles. The van der Waals surface area contributed by atoms with Crippen molar-refractivity contribution in [1.82, 2.24) is 5.48 Å². The van der Waals surface area contributed by atoms with Gasteiger partial charge in [0.1, 0.15) is 0 Å². The van der Waals surface area contributed by atoms with Gasteiger partial charge in [-0.1, -0.05) is 0 Å². The molecule has 0 spiro atoms. The van der Waals surface area contributed by atoms with Crippen molar-refractivity contribution in [2.45, 2.75) is 5.82 Å². The topological polar surface area (TPSA) is 21.3 Å². The van der Waals surface area contributed by atoms with E-state index in [2.05, 4.69) is 10.3 Å². The van der Waals surface area contributed by atoms with E-state index in [1.54, 1.807) is 0 Å². The molecule has 2 radical (unpaired) electrons. The summed E-state index contributed by atoms with van der Waals surface area (Å²) in [5, 5.41) is 0. The molecule has 0 aromatic rings. The van der Waals surface area contributed by atoms with Gasteiger partial charge < -0.3 is 4.84 Å². The molecule has 0 saturated carbocycles. The molecule has 0 bridgehead atoms. The van der Waals surface area contributed by atoms with Crippen LogP contribution in [0.3, 0.4) is 0 Å². The third-order valence-electron chi connectivity index (χ3n) is 0.745. The van der Waals surface area contributed by atoms with Gasteiger partial charge in [0.25, 0.3) is 0 Å². The van der Waals surface area contributed by atoms with Crippen molar-refractivity contribution < 1.29 is 4.84 Å². The lowest BCUT2D eigenvalue weighted by Crippen LogP contribution is -2.03. The standard InChI is InChI=1S/C3H6BNO/c4-3-1-5-6-2-3/h3,5H,1-2H2/t3-/m1/s1. The van der Waals surface area contributed by atoms with Gasteiger partial charge >= 0.3 is 0 Å². The van der Waals surface area contributed by atoms with Crippen LogP contribution in [0.2, 0.25) is 5.82 Å². The lowest BCUT2D eigenvalue weighted by atomic mass is 9.89. The predicted molar refractivity (Wildman–Crippen MR) is 23.5 cm³/mol. The zero-order valence-corrected chi connectivity index (χ0v) is 3.48. The van der Waals surface area contributed by atoms with E-state index in [9.17, 15) is 0 Å². The Bertz CT molecular complexity index is 44.1. The van der Waals surface area contributed by atoms with Gasteiger partial charge in [-0.05, 0) is 5.82 Å². The molecule has 1 aliphatic rings. The molecule has 1 rings (SSSR count). The second kappa shape index (κ2) is 1.62. The molecule has 1 saturated heterocycles. The van der Waals surface area contributed by atoms with Crippen molar-refractivity contribution >= 4 is 7.85 Å². The maximum Gasteiger partial charge on any atom is 0.0750 e. The molecule has 1 aliphatic heterocycles. The molecule has 0 unspecified atom stereocenters. The van der Waals surface area contributed by atoms with E-state index in [1.807, 2.05) is 0 Å². The highest BCUT2D eigenvalue weighted by atomic mass is 16.7. The Morgan fingerprint density at radius 3 is 2.83 bits per heavy atom. The van der Waals surface area contributed by atoms with E-state index in [-0.39, 0.29) is 5.82 Å². The highest BCUT2D eigenvalue weighted by molar-refractivity contribution is 6.12. The molecule has 2 nitrogen and oxygen atoms in total. The van der Waals surface area contributed by atoms with Gasteiger partial charge in [-0.3, -0.25) is 0 Å². The second-order valence-corrected chi connectivity index (χ2v) is 1.42. The minimum Gasteiger partial charge on any atom is -0.302 e. The first-order chi connectivity index (χ1) is 2.89. The number of nitrogens with one attached hydrogen (secondary N) is 1. The van der Waals surface area contributed by atoms with Crippen LogP contribution in [-0.2, 0) is 4.84 Å². The zero-order chi connectivity index (χ0) is 4.41. The van der Waals surface area contributed by atoms with E-state index in [4.69, 9.17) is 7.85 Å². The molecular weight excluding hydrogens is 76.9 g/mol. The summed E-state index contributed by atoms with van der Waals surface area (Å²) >= 11 is 0. The molecular formula is C3H6BNO. The van der Waals surface area contributed by atoms with Crippen LogP contribution >= 0.6 is 0 Å². The summed E-state index contributed by atoms with van der Waals surface area (Å²) in [4.78, 5) is 4.68. The third kappa shape index (κ3) is 0.728. The number of hydrogen-bond acceptors (Lipinski definition) is 2. The van der Waals surface area contributed by atoms with Crippen molar-refractivity contribution in [1.29, 1.82) is 0 Å². The quantitative estimate of drug-likeness (QED) is 0.398. The molecule has 3 heteroatoms. The summed E-state index contributed by atoms with van der Waals surface area (Å²) in [6.45, 7) is 1.44. The van der Waals surface area contributed by atoms with Gasteiger partial charge in [0.2, 0.25) is 0 Å². The van der Waals surface area contributed by atoms with E-state index in [1.165, 1.54) is 0 Å². The van der Waals surface area contributed by atoms with E-state index < -0.39 is 0 Å². The second-order valence-electron chi connectivity index (χ2n) is 1.42. The largest absolute Gasteiger partial charge is 0.302 e. The smallest absolute Gasteiger partial charge is 0.0750 e. The monoisotopic (exact) mass is 83.1 g/mol. The third-order valence-corrected chi connectivity index (χ3v) is 0.745. The minimum atomic E-state index is 0.213. The van der Waals surface area contributed by atoms with Crippen LogP contribution < -0.4 is 5.48 Å². The summed E-state index contributed by atoms with van der Waals surface area (Å²) in [5.74, 6) is 0.213. The number of rotatable bonds is 0. The lowest BCUT2D eigenvalue weighted by Gasteiger charge is -1.86. The van der Waals surface area contributed by atoms with Crippen molar-refractivity contribution in [3.63, 3.8) is 0 Å². The van der Waals surface area contributed by atoms with Gasteiger partial charge in [-0.25, -0.2) is 5.48 Å². The van der Waals surface area contributed by atoms with Crippen LogP contribution in [0.15, 0.2) is 0 Å². The van der Waals surface area contributed by atoms with E-state index in [0.717, 1.165) is 6.54 Å². The van der Waals surface area contributed by atoms with E-state index in [0.29, 0.717) is 6.61 Å². The van der Waals surface area contributed by atoms with Gasteiger partial charge in [-0.2, -0.15) is 0 Å². The Labute approximate surface area is 38.2 Å². The first kappa shape index (κ1) is 4.15. The molecule has 32 valence electrons. The summed E-state index contributed by atoms with van der Waals surface area (Å²) in [6, 6.07) is 0. The van der Waals surface area contributed by atoms with Crippen molar-refractivity contribution in [2.75, 3.05) is 13.2 Å². The maximum atomic E-state index is 5.35. The fourth-order valence-electron chi connectivity index (χ4n) is 0.391. The number of hydroxylamine groups is 1. The van der Waals surface area contributed by atoms with Gasteiger partial charge in [0.15, 0.2) is 0 Å². The summed E-state index contributed by atoms with van der Waals surface area (Å²) in [7, 11) is 5.35. The first-order valence-corrected chi connectivity index (χ1v) is 2.00. The average Bonchev–Trinajstić information content (AvgIpc) is 1.86. The fourth-order valence-corrected chi connectivity index (χ4v) is 0.391. The minimum absolute atomic E-state index is 0.213. The highest BCUT2D eigenvalue weighted by Crippen LogP contribution is 2.00. The Morgan fingerprint density at radius 1 is 1.83 bits per heavy atom. The van der Waals surface area contributed by atoms with Gasteiger partial charge in [0.05, 0.1) is 14.5 Å². The van der Waals surface area contributed by atoms with Crippen LogP contribution in [-0.4, -0.2) is 21.0 Å². The summed E-state index contributed by atoms with van der Waals surface area (Å²) in [5.41, 5.74) is 2.65. The van der Waals surface area contributed by atoms with Crippen LogP contribution in [0, 0.1) is 0 Å². The SMILES string of the molecule is [B][C@@H]1CNOC1. The lowest BCUT2D eigenvalue weighted by molar-refractivity contribution is 0.103. The first-order valence-electron chi connectivity index (χ1n) is 2.00. The summed E-state index contributed by atoms with van der Waals surface area (Å²) < 4.78 is 0. The molecule has 1 heterocycles. The molecule has 0 amide bonds. The van der Waals surface area contributed by atoms with Crippen LogP contribution in [0.4, 0.5) is 0 Å². The van der Waals surface area contributed by atoms with Gasteiger partial charge in [-0.15, -0.1) is 0 Å². The van der Waals surface area contributed by atoms with Crippen LogP contribution in [0.5, 0.6) is 0 Å². The molecule has 0 aliphatic carbocycles. The van der Waals surface area contributed by atoms with Crippen molar-refractivity contribution in [2.24, 2.45) is 0 Å². The average molecular weight is 82.9 g/mol. The molecule has 1 fully saturated rings. The van der Waals surface area contributed by atoms with Crippen LogP contribution in [0.1, 0.15) is 0 Å². The Balaban J connectivity index is 2.18. The molecule has 0 aromatic heterocycles. The van der Waals surface area contributed by atoms with Crippen molar-refractivity contribution in [3.8, 4) is 0 Å². The van der Waals surface area contributed by atoms with Crippen LogP contribution in [0.25, 0.3) is 0 Å². The van der Waals surface area contributed by atoms with Crippen molar-refractivity contribution in [3.05, 3.63) is 0 Å². The van der Waals surface area contributed by atoms with Gasteiger partial charge in [0, 0.05) is 6.54 Å². The normalized spacial score (nSPS) is 34.3. The Hall–Kier alpha value is -0.0151. The highest BCUT2D eigenvalue weighted by Gasteiger charge is 2.06. The molecule has 1 N–H and O–H groups in total. The predicted octanol–water partition coefficient (Wildman–Crippen LogP) is -0.522. The Kier molecular flexibility index (Phi) is 1.12. The van der Waals surface area contributed by atoms with E-state index >= 15 is 0 Å². The zero-order valence-electron chi connectivity index (χ0n) is 3.48. The molecule has 6 heavy (non-hydrogen) atoms. The maximum absolute atomic E-state index is 5.35. The summed E-state index contributed by atoms with van der Waals surface area (Å²) in [6.07, 6.45) is 0.